The summed E-state index contributed by atoms with van der Waals surface area (Å²) in [6, 6.07) is 16.1. The van der Waals surface area contributed by atoms with E-state index in [0.29, 0.717) is 5.75 Å². The lowest BCUT2D eigenvalue weighted by molar-refractivity contribution is 0.475. The topological polar surface area (TPSA) is 57.4 Å². The van der Waals surface area contributed by atoms with E-state index < -0.39 is 0 Å². The summed E-state index contributed by atoms with van der Waals surface area (Å²) < 4.78 is 2.08. The normalized spacial score (nSPS) is 14.6. The monoisotopic (exact) mass is 381 g/mol. The maximum absolute atomic E-state index is 9.45. The molecular formula is C20H23N5OS. The number of aryl methyl sites for hydroxylation is 1. The summed E-state index contributed by atoms with van der Waals surface area (Å²) >= 11 is 1.60. The summed E-state index contributed by atoms with van der Waals surface area (Å²) in [5.74, 6) is 1.21. The molecule has 0 atom stereocenters. The predicted molar refractivity (Wildman–Crippen MR) is 110 cm³/mol. The molecule has 0 unspecified atom stereocenters. The van der Waals surface area contributed by atoms with Gasteiger partial charge in [-0.05, 0) is 61.7 Å². The number of piperazine rings is 1. The fraction of sp³-hybridized carbons (Fsp3) is 0.300. The van der Waals surface area contributed by atoms with Crippen LogP contribution in [0.15, 0.2) is 53.7 Å². The molecule has 7 heteroatoms. The molecule has 6 nitrogen and oxygen atoms in total. The first-order chi connectivity index (χ1) is 13.2. The number of hydrogen-bond donors (Lipinski definition) is 1. The maximum atomic E-state index is 9.45. The Morgan fingerprint density at radius 3 is 1.78 bits per heavy atom. The van der Waals surface area contributed by atoms with Crippen molar-refractivity contribution in [2.75, 3.05) is 42.2 Å². The molecule has 1 aliphatic rings. The number of thioether (sulfide) groups is 1. The van der Waals surface area contributed by atoms with Gasteiger partial charge >= 0.3 is 0 Å². The first-order valence-corrected chi connectivity index (χ1v) is 10.2. The molecule has 0 spiro atoms. The molecule has 1 N–H and O–H groups in total. The first kappa shape index (κ1) is 17.7. The van der Waals surface area contributed by atoms with E-state index in [4.69, 9.17) is 0 Å². The third-order valence-corrected chi connectivity index (χ3v) is 5.57. The standard InChI is InChI=1S/C20H23N5OS/c1-15-21-22-20(27-2)25(15)18-5-3-16(4-6-18)23-11-13-24(14-12-23)17-7-9-19(26)10-8-17/h3-10,26H,11-14H2,1-2H3. The van der Waals surface area contributed by atoms with Gasteiger partial charge in [-0.2, -0.15) is 0 Å². The van der Waals surface area contributed by atoms with Crippen LogP contribution in [0.4, 0.5) is 11.4 Å². The van der Waals surface area contributed by atoms with Crippen LogP contribution in [0, 0.1) is 6.92 Å². The van der Waals surface area contributed by atoms with Gasteiger partial charge in [0.1, 0.15) is 11.6 Å². The summed E-state index contributed by atoms with van der Waals surface area (Å²) in [5, 5.41) is 18.7. The summed E-state index contributed by atoms with van der Waals surface area (Å²) in [4.78, 5) is 4.77. The van der Waals surface area contributed by atoms with Gasteiger partial charge in [0.25, 0.3) is 0 Å². The van der Waals surface area contributed by atoms with Gasteiger partial charge in [0, 0.05) is 43.2 Å². The van der Waals surface area contributed by atoms with Gasteiger partial charge in [-0.25, -0.2) is 0 Å². The fourth-order valence-electron chi connectivity index (χ4n) is 3.47. The lowest BCUT2D eigenvalue weighted by atomic mass is 10.2. The van der Waals surface area contributed by atoms with Crippen molar-refractivity contribution in [3.63, 3.8) is 0 Å². The zero-order chi connectivity index (χ0) is 18.8. The molecule has 1 fully saturated rings. The molecule has 27 heavy (non-hydrogen) atoms. The highest BCUT2D eigenvalue weighted by Gasteiger charge is 2.18. The number of aromatic hydroxyl groups is 1. The van der Waals surface area contributed by atoms with E-state index >= 15 is 0 Å². The highest BCUT2D eigenvalue weighted by molar-refractivity contribution is 7.98. The van der Waals surface area contributed by atoms with Crippen molar-refractivity contribution in [3.05, 3.63) is 54.4 Å². The smallest absolute Gasteiger partial charge is 0.195 e. The van der Waals surface area contributed by atoms with Crippen LogP contribution in [0.2, 0.25) is 0 Å². The average Bonchev–Trinajstić information content (AvgIpc) is 3.09. The molecule has 4 rings (SSSR count). The van der Waals surface area contributed by atoms with Crippen LogP contribution in [-0.4, -0.2) is 52.3 Å². The van der Waals surface area contributed by atoms with Gasteiger partial charge < -0.3 is 14.9 Å². The van der Waals surface area contributed by atoms with Crippen molar-refractivity contribution in [1.82, 2.24) is 14.8 Å². The number of phenols is 1. The van der Waals surface area contributed by atoms with Crippen molar-refractivity contribution in [3.8, 4) is 11.4 Å². The number of benzene rings is 2. The quantitative estimate of drug-likeness (QED) is 0.700. The molecule has 0 radical (unpaired) electrons. The third-order valence-electron chi connectivity index (χ3n) is 4.95. The Morgan fingerprint density at radius 2 is 1.26 bits per heavy atom. The second-order valence-corrected chi connectivity index (χ2v) is 7.35. The lowest BCUT2D eigenvalue weighted by Crippen LogP contribution is -2.46. The largest absolute Gasteiger partial charge is 0.508 e. The van der Waals surface area contributed by atoms with Crippen LogP contribution in [0.5, 0.6) is 5.75 Å². The van der Waals surface area contributed by atoms with E-state index in [1.54, 1.807) is 23.9 Å². The van der Waals surface area contributed by atoms with E-state index in [2.05, 4.69) is 48.8 Å². The minimum Gasteiger partial charge on any atom is -0.508 e. The van der Waals surface area contributed by atoms with Gasteiger partial charge in [0.2, 0.25) is 0 Å². The predicted octanol–water partition coefficient (Wildman–Crippen LogP) is 3.33. The van der Waals surface area contributed by atoms with Crippen LogP contribution in [0.3, 0.4) is 0 Å². The van der Waals surface area contributed by atoms with Gasteiger partial charge in [-0.15, -0.1) is 10.2 Å². The van der Waals surface area contributed by atoms with Gasteiger partial charge in [-0.1, -0.05) is 11.8 Å². The van der Waals surface area contributed by atoms with Crippen LogP contribution in [0.1, 0.15) is 5.82 Å². The van der Waals surface area contributed by atoms with Gasteiger partial charge in [-0.3, -0.25) is 4.57 Å². The zero-order valence-corrected chi connectivity index (χ0v) is 16.4. The van der Waals surface area contributed by atoms with Crippen molar-refractivity contribution in [2.45, 2.75) is 12.1 Å². The first-order valence-electron chi connectivity index (χ1n) is 9.01. The molecule has 3 aromatic rings. The Labute approximate surface area is 163 Å². The van der Waals surface area contributed by atoms with Crippen molar-refractivity contribution < 1.29 is 5.11 Å². The van der Waals surface area contributed by atoms with E-state index in [-0.39, 0.29) is 0 Å². The van der Waals surface area contributed by atoms with Crippen LogP contribution >= 0.6 is 11.8 Å². The molecule has 0 amide bonds. The van der Waals surface area contributed by atoms with Crippen LogP contribution in [-0.2, 0) is 0 Å². The SMILES string of the molecule is CSc1nnc(C)n1-c1ccc(N2CCN(c3ccc(O)cc3)CC2)cc1. The number of rotatable bonds is 4. The maximum Gasteiger partial charge on any atom is 0.195 e. The highest BCUT2D eigenvalue weighted by Crippen LogP contribution is 2.25. The molecule has 0 saturated carbocycles. The number of anilines is 2. The molecule has 2 aromatic carbocycles. The summed E-state index contributed by atoms with van der Waals surface area (Å²) in [6.45, 7) is 5.86. The molecule has 2 heterocycles. The highest BCUT2D eigenvalue weighted by atomic mass is 32.2. The number of hydrogen-bond acceptors (Lipinski definition) is 6. The molecule has 1 aromatic heterocycles. The van der Waals surface area contributed by atoms with Crippen molar-refractivity contribution in [2.24, 2.45) is 0 Å². The Bertz CT molecular complexity index is 899. The fourth-order valence-corrected chi connectivity index (χ4v) is 4.01. The van der Waals surface area contributed by atoms with Gasteiger partial charge in [0.15, 0.2) is 5.16 Å². The van der Waals surface area contributed by atoms with E-state index in [1.165, 1.54) is 5.69 Å². The molecule has 140 valence electrons. The minimum atomic E-state index is 0.311. The molecule has 0 bridgehead atoms. The zero-order valence-electron chi connectivity index (χ0n) is 15.5. The number of aromatic nitrogens is 3. The van der Waals surface area contributed by atoms with Crippen molar-refractivity contribution >= 4 is 23.1 Å². The van der Waals surface area contributed by atoms with Crippen LogP contribution in [0.25, 0.3) is 5.69 Å². The molecular weight excluding hydrogens is 358 g/mol. The minimum absolute atomic E-state index is 0.311. The number of phenolic OH excluding ortho intramolecular Hbond substituents is 1. The van der Waals surface area contributed by atoms with E-state index in [1.807, 2.05) is 25.3 Å². The van der Waals surface area contributed by atoms with Crippen molar-refractivity contribution in [1.29, 1.82) is 0 Å². The number of nitrogens with zero attached hydrogens (tertiary/aromatic N) is 5. The van der Waals surface area contributed by atoms with Crippen LogP contribution < -0.4 is 9.80 Å². The molecule has 1 aliphatic heterocycles. The molecule has 1 saturated heterocycles. The van der Waals surface area contributed by atoms with E-state index in [9.17, 15) is 5.11 Å². The summed E-state index contributed by atoms with van der Waals surface area (Å²) in [6.07, 6.45) is 2.02. The Kier molecular flexibility index (Phi) is 4.94. The average molecular weight is 382 g/mol. The van der Waals surface area contributed by atoms with Gasteiger partial charge in [0.05, 0.1) is 0 Å². The Morgan fingerprint density at radius 1 is 0.778 bits per heavy atom. The summed E-state index contributed by atoms with van der Waals surface area (Å²) in [5.41, 5.74) is 3.49. The summed E-state index contributed by atoms with van der Waals surface area (Å²) in [7, 11) is 0. The third kappa shape index (κ3) is 3.60. The second-order valence-electron chi connectivity index (χ2n) is 6.58. The Balaban J connectivity index is 1.44. The lowest BCUT2D eigenvalue weighted by Gasteiger charge is -2.37. The Hall–Kier alpha value is -2.67. The molecule has 0 aliphatic carbocycles. The van der Waals surface area contributed by atoms with E-state index in [0.717, 1.165) is 48.5 Å². The second kappa shape index (κ2) is 7.52.